The summed E-state index contributed by atoms with van der Waals surface area (Å²) < 4.78 is 0. The fourth-order valence-electron chi connectivity index (χ4n) is 4.06. The normalized spacial score (nSPS) is 27.7. The average Bonchev–Trinajstić information content (AvgIpc) is 2.61. The van der Waals surface area contributed by atoms with Crippen LogP contribution in [0, 0.1) is 11.8 Å². The molecule has 136 valence electrons. The Bertz CT molecular complexity index is 920. The van der Waals surface area contributed by atoms with Gasteiger partial charge < -0.3 is 0 Å². The van der Waals surface area contributed by atoms with Crippen molar-refractivity contribution in [2.75, 3.05) is 5.75 Å². The fourth-order valence-corrected chi connectivity index (χ4v) is 4.64. The van der Waals surface area contributed by atoms with E-state index >= 15 is 0 Å². The lowest BCUT2D eigenvalue weighted by Crippen LogP contribution is -2.55. The molecule has 2 heterocycles. The minimum Gasteiger partial charge on any atom is -0.298 e. The predicted octanol–water partition coefficient (Wildman–Crippen LogP) is 2.20. The Morgan fingerprint density at radius 2 is 2.15 bits per heavy atom. The van der Waals surface area contributed by atoms with E-state index < -0.39 is 0 Å². The maximum Gasteiger partial charge on any atom is 0.276 e. The quantitative estimate of drug-likeness (QED) is 0.814. The molecule has 0 radical (unpaired) electrons. The van der Waals surface area contributed by atoms with Crippen LogP contribution in [0.15, 0.2) is 46.0 Å². The van der Waals surface area contributed by atoms with E-state index in [1.54, 1.807) is 11.8 Å². The largest absolute Gasteiger partial charge is 0.298 e. The van der Waals surface area contributed by atoms with Crippen molar-refractivity contribution >= 4 is 28.5 Å². The summed E-state index contributed by atoms with van der Waals surface area (Å²) in [7, 11) is 0. The highest BCUT2D eigenvalue weighted by atomic mass is 32.2. The van der Waals surface area contributed by atoms with E-state index in [1.165, 1.54) is 5.57 Å². The summed E-state index contributed by atoms with van der Waals surface area (Å²) in [6, 6.07) is 7.88. The third-order valence-corrected chi connectivity index (χ3v) is 6.07. The van der Waals surface area contributed by atoms with Crippen molar-refractivity contribution < 1.29 is 4.79 Å². The molecule has 0 bridgehead atoms. The van der Waals surface area contributed by atoms with Crippen molar-refractivity contribution in [3.63, 3.8) is 0 Å². The Balaban J connectivity index is 1.86. The number of rotatable bonds is 2. The number of carbonyl (C=O) groups is 1. The Morgan fingerprint density at radius 1 is 1.35 bits per heavy atom. The van der Waals surface area contributed by atoms with Gasteiger partial charge in [0.25, 0.3) is 5.91 Å². The number of amidine groups is 1. The molecule has 1 aromatic rings. The van der Waals surface area contributed by atoms with Crippen LogP contribution in [-0.2, 0) is 4.79 Å². The van der Waals surface area contributed by atoms with Gasteiger partial charge in [0.2, 0.25) is 0 Å². The number of hydrazone groups is 1. The number of benzene rings is 1. The first-order chi connectivity index (χ1) is 12.6. The number of allylic oxidation sites excluding steroid dienone is 2. The number of nitrogens with zero attached hydrogens (tertiary/aromatic N) is 3. The van der Waals surface area contributed by atoms with Crippen LogP contribution in [0.2, 0.25) is 0 Å². The van der Waals surface area contributed by atoms with Crippen molar-refractivity contribution in [2.24, 2.45) is 21.9 Å². The van der Waals surface area contributed by atoms with Crippen LogP contribution in [0.25, 0.3) is 5.70 Å². The zero-order valence-corrected chi connectivity index (χ0v) is 16.2. The lowest BCUT2D eigenvalue weighted by Gasteiger charge is -2.40. The van der Waals surface area contributed by atoms with Crippen LogP contribution < -0.4 is 15.9 Å². The van der Waals surface area contributed by atoms with Crippen molar-refractivity contribution in [1.29, 1.82) is 0 Å². The molecule has 1 N–H and O–H groups in total. The molecule has 0 saturated heterocycles. The standard InChI is InChI=1S/C20H24N4OS/c1-4-26-20-22-19(25)17-15-7-5-6-8-16(15)21-18(24(17)23-20)14-10-9-12(2)11-13(14)3/h5-9,13-14,18H,4,10-11H2,1-3H3,(H,22,23,25)/t13-,14-,18+/m1/s1. The molecule has 1 amide bonds. The van der Waals surface area contributed by atoms with Crippen molar-refractivity contribution in [2.45, 2.75) is 39.8 Å². The lowest BCUT2D eigenvalue weighted by atomic mass is 9.79. The second kappa shape index (κ2) is 6.91. The van der Waals surface area contributed by atoms with Gasteiger partial charge in [0.1, 0.15) is 11.9 Å². The molecule has 0 fully saturated rings. The number of thioether (sulfide) groups is 1. The highest BCUT2D eigenvalue weighted by Gasteiger charge is 2.39. The monoisotopic (exact) mass is 368 g/mol. The molecule has 3 aliphatic rings. The Morgan fingerprint density at radius 3 is 2.92 bits per heavy atom. The van der Waals surface area contributed by atoms with E-state index in [2.05, 4.69) is 32.2 Å². The Labute approximate surface area is 157 Å². The van der Waals surface area contributed by atoms with E-state index in [4.69, 9.17) is 10.1 Å². The van der Waals surface area contributed by atoms with E-state index in [9.17, 15) is 4.79 Å². The highest BCUT2D eigenvalue weighted by molar-refractivity contribution is 8.13. The van der Waals surface area contributed by atoms with Gasteiger partial charge in [-0.1, -0.05) is 55.5 Å². The third kappa shape index (κ3) is 2.96. The molecule has 3 atom stereocenters. The molecule has 26 heavy (non-hydrogen) atoms. The number of para-hydroxylation sites is 1. The SMILES string of the molecule is CCSC1=NN2C(=c3ccccc3=N[C@@H]2[C@@H]2CC=C(C)C[C@H]2C)C(=O)N1. The minimum absolute atomic E-state index is 0.0847. The van der Waals surface area contributed by atoms with Gasteiger partial charge in [-0.2, -0.15) is 0 Å². The highest BCUT2D eigenvalue weighted by Crippen LogP contribution is 2.36. The van der Waals surface area contributed by atoms with E-state index in [1.807, 2.05) is 29.3 Å². The number of hydrogen-bond acceptors (Lipinski definition) is 5. The lowest BCUT2D eigenvalue weighted by molar-refractivity contribution is -0.116. The number of carbonyl (C=O) groups excluding carboxylic acids is 1. The second-order valence-corrected chi connectivity index (χ2v) is 8.43. The first-order valence-corrected chi connectivity index (χ1v) is 10.2. The first-order valence-electron chi connectivity index (χ1n) is 9.23. The Kier molecular flexibility index (Phi) is 4.61. The topological polar surface area (TPSA) is 57.1 Å². The van der Waals surface area contributed by atoms with Crippen molar-refractivity contribution in [1.82, 2.24) is 10.3 Å². The average molecular weight is 369 g/mol. The van der Waals surface area contributed by atoms with E-state index in [0.29, 0.717) is 22.7 Å². The van der Waals surface area contributed by atoms with Crippen LogP contribution in [0.5, 0.6) is 0 Å². The number of amides is 1. The molecule has 0 saturated carbocycles. The molecule has 0 spiro atoms. The predicted molar refractivity (Wildman–Crippen MR) is 106 cm³/mol. The fraction of sp³-hybridized carbons (Fsp3) is 0.450. The molecule has 6 heteroatoms. The van der Waals surface area contributed by atoms with Crippen LogP contribution in [-0.4, -0.2) is 28.0 Å². The Hall–Kier alpha value is -2.08. The van der Waals surface area contributed by atoms with Gasteiger partial charge in [0, 0.05) is 11.1 Å². The summed E-state index contributed by atoms with van der Waals surface area (Å²) in [6.07, 6.45) is 4.22. The number of hydrogen-bond donors (Lipinski definition) is 1. The number of fused-ring (bicyclic) bond motifs is 2. The third-order valence-electron chi connectivity index (χ3n) is 5.32. The van der Waals surface area contributed by atoms with Crippen LogP contribution >= 0.6 is 11.8 Å². The van der Waals surface area contributed by atoms with E-state index in [-0.39, 0.29) is 12.1 Å². The van der Waals surface area contributed by atoms with Crippen molar-refractivity contribution in [3.8, 4) is 0 Å². The molecule has 0 unspecified atom stereocenters. The van der Waals surface area contributed by atoms with Gasteiger partial charge in [0.05, 0.1) is 5.36 Å². The molecule has 5 nitrogen and oxygen atoms in total. The summed E-state index contributed by atoms with van der Waals surface area (Å²) in [5.74, 6) is 1.62. The van der Waals surface area contributed by atoms with E-state index in [0.717, 1.165) is 29.2 Å². The molecular weight excluding hydrogens is 344 g/mol. The smallest absolute Gasteiger partial charge is 0.276 e. The molecule has 2 aliphatic heterocycles. The van der Waals surface area contributed by atoms with Crippen LogP contribution in [0.3, 0.4) is 0 Å². The molecule has 4 rings (SSSR count). The minimum atomic E-state index is -0.141. The van der Waals surface area contributed by atoms with Gasteiger partial charge in [-0.3, -0.25) is 15.1 Å². The molecule has 1 aromatic carbocycles. The molecule has 0 aromatic heterocycles. The molecular formula is C20H24N4OS. The summed E-state index contributed by atoms with van der Waals surface area (Å²) in [5.41, 5.74) is 2.07. The molecule has 1 aliphatic carbocycles. The summed E-state index contributed by atoms with van der Waals surface area (Å²) in [6.45, 7) is 6.54. The first kappa shape index (κ1) is 17.3. The number of nitrogens with one attached hydrogen (secondary N) is 1. The maximum absolute atomic E-state index is 12.9. The van der Waals surface area contributed by atoms with Gasteiger partial charge in [0.15, 0.2) is 5.17 Å². The van der Waals surface area contributed by atoms with Crippen LogP contribution in [0.1, 0.15) is 33.6 Å². The second-order valence-electron chi connectivity index (χ2n) is 7.18. The zero-order valence-electron chi connectivity index (χ0n) is 15.4. The van der Waals surface area contributed by atoms with Gasteiger partial charge in [-0.25, -0.2) is 5.01 Å². The van der Waals surface area contributed by atoms with Gasteiger partial charge >= 0.3 is 0 Å². The maximum atomic E-state index is 12.9. The summed E-state index contributed by atoms with van der Waals surface area (Å²) in [5, 5.41) is 12.0. The van der Waals surface area contributed by atoms with Crippen molar-refractivity contribution in [3.05, 3.63) is 46.5 Å². The van der Waals surface area contributed by atoms with Gasteiger partial charge in [-0.05, 0) is 37.5 Å². The van der Waals surface area contributed by atoms with Crippen LogP contribution in [0.4, 0.5) is 0 Å². The van der Waals surface area contributed by atoms with Gasteiger partial charge in [-0.15, -0.1) is 5.10 Å². The summed E-state index contributed by atoms with van der Waals surface area (Å²) >= 11 is 1.55. The summed E-state index contributed by atoms with van der Waals surface area (Å²) in [4.78, 5) is 17.9. The zero-order chi connectivity index (χ0) is 18.3.